The van der Waals surface area contributed by atoms with Crippen LogP contribution in [0.2, 0.25) is 0 Å². The van der Waals surface area contributed by atoms with Crippen molar-refractivity contribution in [2.24, 2.45) is 5.92 Å². The molecule has 0 aromatic heterocycles. The minimum Gasteiger partial charge on any atom is -0.310 e. The zero-order chi connectivity index (χ0) is 20.1. The molecule has 0 spiro atoms. The molecule has 146 valence electrons. The Labute approximate surface area is 169 Å². The third-order valence-electron chi connectivity index (χ3n) is 4.78. The average molecular weight is 466 g/mol. The number of benzene rings is 2. The normalized spacial score (nSPS) is 16.0. The van der Waals surface area contributed by atoms with E-state index >= 15 is 0 Å². The molecule has 1 fully saturated rings. The van der Waals surface area contributed by atoms with Crippen LogP contribution in [-0.2, 0) is 21.2 Å². The summed E-state index contributed by atoms with van der Waals surface area (Å²) in [6.07, 6.45) is 2.23. The van der Waals surface area contributed by atoms with Gasteiger partial charge in [-0.15, -0.1) is 0 Å². The van der Waals surface area contributed by atoms with Crippen LogP contribution in [0.4, 0.5) is 17.1 Å². The standard InChI is InChI=1S/C18H16BrN3O5S/c19-13-8-12-6-7-21(18(23)11-4-5-11)17(12)16(9-13)28(26,27)20-14-2-1-3-15(10-14)22(24)25/h1-3,8-11,20H,4-7H2. The van der Waals surface area contributed by atoms with Crippen LogP contribution < -0.4 is 9.62 Å². The monoisotopic (exact) mass is 465 g/mol. The Kier molecular flexibility index (Phi) is 4.62. The van der Waals surface area contributed by atoms with Gasteiger partial charge in [-0.25, -0.2) is 8.42 Å². The first-order valence-corrected chi connectivity index (χ1v) is 10.9. The molecule has 4 rings (SSSR count). The van der Waals surface area contributed by atoms with Gasteiger partial charge in [0.25, 0.3) is 15.7 Å². The van der Waals surface area contributed by atoms with Crippen LogP contribution in [0.1, 0.15) is 18.4 Å². The van der Waals surface area contributed by atoms with Crippen molar-refractivity contribution in [2.45, 2.75) is 24.2 Å². The minimum atomic E-state index is -4.07. The van der Waals surface area contributed by atoms with E-state index in [1.807, 2.05) is 6.07 Å². The van der Waals surface area contributed by atoms with Crippen LogP contribution in [-0.4, -0.2) is 25.8 Å². The lowest BCUT2D eigenvalue weighted by Crippen LogP contribution is -2.31. The van der Waals surface area contributed by atoms with Gasteiger partial charge in [-0.2, -0.15) is 0 Å². The predicted octanol–water partition coefficient (Wildman–Crippen LogP) is 3.46. The van der Waals surface area contributed by atoms with E-state index in [2.05, 4.69) is 20.7 Å². The number of nitrogens with zero attached hydrogens (tertiary/aromatic N) is 2. The quantitative estimate of drug-likeness (QED) is 0.536. The molecule has 28 heavy (non-hydrogen) atoms. The van der Waals surface area contributed by atoms with E-state index in [0.717, 1.165) is 24.5 Å². The van der Waals surface area contributed by atoms with Gasteiger partial charge >= 0.3 is 0 Å². The molecule has 10 heteroatoms. The van der Waals surface area contributed by atoms with Crippen LogP contribution in [0.15, 0.2) is 45.8 Å². The smallest absolute Gasteiger partial charge is 0.271 e. The molecule has 1 saturated carbocycles. The second-order valence-electron chi connectivity index (χ2n) is 6.84. The van der Waals surface area contributed by atoms with Crippen molar-refractivity contribution in [1.82, 2.24) is 0 Å². The molecular formula is C18H16BrN3O5S. The van der Waals surface area contributed by atoms with Crippen molar-refractivity contribution >= 4 is 48.9 Å². The lowest BCUT2D eigenvalue weighted by Gasteiger charge is -2.21. The summed E-state index contributed by atoms with van der Waals surface area (Å²) in [6.45, 7) is 0.445. The zero-order valence-electron chi connectivity index (χ0n) is 14.6. The number of hydrogen-bond acceptors (Lipinski definition) is 5. The van der Waals surface area contributed by atoms with Gasteiger partial charge in [-0.05, 0) is 43.0 Å². The molecule has 1 heterocycles. The van der Waals surface area contributed by atoms with Crippen molar-refractivity contribution in [3.63, 3.8) is 0 Å². The van der Waals surface area contributed by atoms with Crippen LogP contribution in [0.5, 0.6) is 0 Å². The topological polar surface area (TPSA) is 110 Å². The van der Waals surface area contributed by atoms with Gasteiger partial charge in [0.2, 0.25) is 5.91 Å². The Morgan fingerprint density at radius 2 is 2.00 bits per heavy atom. The summed E-state index contributed by atoms with van der Waals surface area (Å²) >= 11 is 3.34. The number of sulfonamides is 1. The van der Waals surface area contributed by atoms with Crippen molar-refractivity contribution < 1.29 is 18.1 Å². The molecule has 2 aromatic carbocycles. The van der Waals surface area contributed by atoms with E-state index in [1.54, 1.807) is 4.90 Å². The molecule has 1 amide bonds. The predicted molar refractivity (Wildman–Crippen MR) is 107 cm³/mol. The number of halogens is 1. The molecule has 2 aliphatic rings. The fraction of sp³-hybridized carbons (Fsp3) is 0.278. The zero-order valence-corrected chi connectivity index (χ0v) is 17.0. The van der Waals surface area contributed by atoms with Gasteiger partial charge in [0.15, 0.2) is 0 Å². The van der Waals surface area contributed by atoms with E-state index in [0.29, 0.717) is 23.1 Å². The highest BCUT2D eigenvalue weighted by Crippen LogP contribution is 2.41. The Bertz CT molecular complexity index is 1100. The molecule has 0 radical (unpaired) electrons. The molecule has 1 aliphatic carbocycles. The largest absolute Gasteiger partial charge is 0.310 e. The molecule has 0 atom stereocenters. The summed E-state index contributed by atoms with van der Waals surface area (Å²) < 4.78 is 29.2. The average Bonchev–Trinajstić information content (AvgIpc) is 3.40. The number of carbonyl (C=O) groups is 1. The molecular weight excluding hydrogens is 450 g/mol. The van der Waals surface area contributed by atoms with E-state index in [1.165, 1.54) is 24.3 Å². The Balaban J connectivity index is 1.75. The number of non-ortho nitro benzene ring substituents is 1. The number of amides is 1. The Morgan fingerprint density at radius 1 is 1.25 bits per heavy atom. The molecule has 0 unspecified atom stereocenters. The third kappa shape index (κ3) is 3.49. The SMILES string of the molecule is O=C(C1CC1)N1CCc2cc(Br)cc(S(=O)(=O)Nc3cccc([N+](=O)[O-])c3)c21. The molecule has 8 nitrogen and oxygen atoms in total. The van der Waals surface area contributed by atoms with E-state index < -0.39 is 14.9 Å². The van der Waals surface area contributed by atoms with Gasteiger partial charge < -0.3 is 4.90 Å². The number of nitrogens with one attached hydrogen (secondary N) is 1. The summed E-state index contributed by atoms with van der Waals surface area (Å²) in [7, 11) is -4.07. The lowest BCUT2D eigenvalue weighted by molar-refractivity contribution is -0.384. The number of nitro benzene ring substituents is 1. The summed E-state index contributed by atoms with van der Waals surface area (Å²) in [5.74, 6) is -0.0808. The highest BCUT2D eigenvalue weighted by Gasteiger charge is 2.39. The molecule has 0 saturated heterocycles. The number of hydrogen-bond donors (Lipinski definition) is 1. The fourth-order valence-electron chi connectivity index (χ4n) is 3.34. The number of fused-ring (bicyclic) bond motifs is 1. The highest BCUT2D eigenvalue weighted by atomic mass is 79.9. The fourth-order valence-corrected chi connectivity index (χ4v) is 5.32. The van der Waals surface area contributed by atoms with Gasteiger partial charge in [-0.3, -0.25) is 19.6 Å². The minimum absolute atomic E-state index is 0.0186. The van der Waals surface area contributed by atoms with E-state index in [-0.39, 0.29) is 28.1 Å². The van der Waals surface area contributed by atoms with E-state index in [4.69, 9.17) is 0 Å². The van der Waals surface area contributed by atoms with Crippen LogP contribution in [0.3, 0.4) is 0 Å². The van der Waals surface area contributed by atoms with Gasteiger partial charge in [0.1, 0.15) is 4.90 Å². The summed E-state index contributed by atoms with van der Waals surface area (Å²) in [6, 6.07) is 8.56. The maximum Gasteiger partial charge on any atom is 0.271 e. The first-order valence-electron chi connectivity index (χ1n) is 8.67. The number of nitro groups is 1. The first-order chi connectivity index (χ1) is 13.3. The summed E-state index contributed by atoms with van der Waals surface area (Å²) in [5.41, 5.74) is 1.05. The van der Waals surface area contributed by atoms with Gasteiger partial charge in [-0.1, -0.05) is 22.0 Å². The van der Waals surface area contributed by atoms with Gasteiger partial charge in [0, 0.05) is 29.1 Å². The van der Waals surface area contributed by atoms with Crippen LogP contribution >= 0.6 is 15.9 Å². The van der Waals surface area contributed by atoms with Crippen molar-refractivity contribution in [2.75, 3.05) is 16.2 Å². The first kappa shape index (κ1) is 18.9. The Morgan fingerprint density at radius 3 is 2.68 bits per heavy atom. The van der Waals surface area contributed by atoms with Crippen molar-refractivity contribution in [3.05, 3.63) is 56.5 Å². The second kappa shape index (κ2) is 6.85. The van der Waals surface area contributed by atoms with Crippen molar-refractivity contribution in [1.29, 1.82) is 0 Å². The van der Waals surface area contributed by atoms with Crippen LogP contribution in [0, 0.1) is 16.0 Å². The van der Waals surface area contributed by atoms with Gasteiger partial charge in [0.05, 0.1) is 16.3 Å². The van der Waals surface area contributed by atoms with Crippen molar-refractivity contribution in [3.8, 4) is 0 Å². The molecule has 1 N–H and O–H groups in total. The Hall–Kier alpha value is -2.46. The van der Waals surface area contributed by atoms with E-state index in [9.17, 15) is 23.3 Å². The highest BCUT2D eigenvalue weighted by molar-refractivity contribution is 9.10. The summed E-state index contributed by atoms with van der Waals surface area (Å²) in [5, 5.41) is 11.0. The number of rotatable bonds is 5. The lowest BCUT2D eigenvalue weighted by atomic mass is 10.2. The molecule has 1 aliphatic heterocycles. The second-order valence-corrected chi connectivity index (χ2v) is 9.41. The third-order valence-corrected chi connectivity index (χ3v) is 6.64. The maximum absolute atomic E-state index is 13.1. The number of anilines is 2. The number of carbonyl (C=O) groups excluding carboxylic acids is 1. The maximum atomic E-state index is 13.1. The van der Waals surface area contributed by atoms with Crippen LogP contribution in [0.25, 0.3) is 0 Å². The molecule has 0 bridgehead atoms. The molecule has 2 aromatic rings. The summed E-state index contributed by atoms with van der Waals surface area (Å²) in [4.78, 5) is 24.5.